The van der Waals surface area contributed by atoms with E-state index >= 15 is 0 Å². The third kappa shape index (κ3) is 2.87. The summed E-state index contributed by atoms with van der Waals surface area (Å²) in [7, 11) is 0. The highest BCUT2D eigenvalue weighted by Gasteiger charge is 2.04. The van der Waals surface area contributed by atoms with Crippen LogP contribution in [0.4, 0.5) is 5.95 Å². The summed E-state index contributed by atoms with van der Waals surface area (Å²) in [6.07, 6.45) is 3.04. The number of anilines is 1. The fourth-order valence-electron chi connectivity index (χ4n) is 1.97. The van der Waals surface area contributed by atoms with Crippen LogP contribution in [0.3, 0.4) is 0 Å². The molecule has 0 fully saturated rings. The molecule has 0 saturated heterocycles. The number of H-pyrrole nitrogens is 1. The highest BCUT2D eigenvalue weighted by Crippen LogP contribution is 2.11. The fraction of sp³-hybridized carbons (Fsp3) is 0.357. The Morgan fingerprint density at radius 3 is 2.29 bits per heavy atom. The minimum absolute atomic E-state index is 0.513. The number of nitrogens with one attached hydrogen (secondary N) is 1. The molecule has 1 aromatic heterocycles. The lowest BCUT2D eigenvalue weighted by Gasteiger charge is -2.02. The van der Waals surface area contributed by atoms with Gasteiger partial charge in [-0.15, -0.1) is 0 Å². The molecular weight excluding hydrogens is 210 g/mol. The number of aryl methyl sites for hydroxylation is 4. The standard InChI is InChI=1S/C14H19N3/c1-3-11-4-6-12(7-5-11)8-9-13-10(2)16-14(15)17-13/h4-7H,3,8-9H2,1-2H3,(H3,15,16,17). The van der Waals surface area contributed by atoms with Gasteiger partial charge in [0.1, 0.15) is 0 Å². The van der Waals surface area contributed by atoms with E-state index in [4.69, 9.17) is 5.73 Å². The van der Waals surface area contributed by atoms with Crippen LogP contribution in [0.2, 0.25) is 0 Å². The number of rotatable bonds is 4. The van der Waals surface area contributed by atoms with E-state index in [9.17, 15) is 0 Å². The van der Waals surface area contributed by atoms with Gasteiger partial charge in [0.25, 0.3) is 0 Å². The van der Waals surface area contributed by atoms with E-state index < -0.39 is 0 Å². The van der Waals surface area contributed by atoms with Gasteiger partial charge in [0, 0.05) is 5.69 Å². The number of nitrogens with two attached hydrogens (primary N) is 1. The Balaban J connectivity index is 1.99. The van der Waals surface area contributed by atoms with Gasteiger partial charge in [-0.2, -0.15) is 0 Å². The molecule has 0 aliphatic rings. The monoisotopic (exact) mass is 229 g/mol. The summed E-state index contributed by atoms with van der Waals surface area (Å²) < 4.78 is 0. The third-order valence-electron chi connectivity index (χ3n) is 3.09. The highest BCUT2D eigenvalue weighted by atomic mass is 15.0. The van der Waals surface area contributed by atoms with Crippen molar-refractivity contribution in [2.24, 2.45) is 0 Å². The Hall–Kier alpha value is -1.77. The van der Waals surface area contributed by atoms with Gasteiger partial charge in [0.05, 0.1) is 5.69 Å². The second kappa shape index (κ2) is 5.04. The van der Waals surface area contributed by atoms with Gasteiger partial charge < -0.3 is 10.7 Å². The summed E-state index contributed by atoms with van der Waals surface area (Å²) in [6.45, 7) is 4.18. The lowest BCUT2D eigenvalue weighted by atomic mass is 10.0. The Bertz CT molecular complexity index is 483. The Morgan fingerprint density at radius 1 is 1.12 bits per heavy atom. The Morgan fingerprint density at radius 2 is 1.76 bits per heavy atom. The molecule has 3 heteroatoms. The van der Waals surface area contributed by atoms with E-state index in [1.165, 1.54) is 11.1 Å². The first-order valence-electron chi connectivity index (χ1n) is 6.08. The van der Waals surface area contributed by atoms with Gasteiger partial charge in [0.15, 0.2) is 5.95 Å². The van der Waals surface area contributed by atoms with Crippen LogP contribution in [0.1, 0.15) is 29.4 Å². The van der Waals surface area contributed by atoms with Gasteiger partial charge >= 0.3 is 0 Å². The van der Waals surface area contributed by atoms with E-state index in [2.05, 4.69) is 41.2 Å². The fourth-order valence-corrected chi connectivity index (χ4v) is 1.97. The zero-order valence-corrected chi connectivity index (χ0v) is 10.5. The number of nitrogen functional groups attached to an aromatic ring is 1. The molecule has 0 spiro atoms. The molecule has 1 aromatic carbocycles. The van der Waals surface area contributed by atoms with Gasteiger partial charge in [-0.05, 0) is 37.3 Å². The molecule has 0 aliphatic heterocycles. The van der Waals surface area contributed by atoms with Crippen molar-refractivity contribution in [2.75, 3.05) is 5.73 Å². The lowest BCUT2D eigenvalue weighted by Crippen LogP contribution is -1.94. The van der Waals surface area contributed by atoms with Gasteiger partial charge in [-0.25, -0.2) is 4.98 Å². The molecule has 0 aliphatic carbocycles. The molecule has 2 aromatic rings. The van der Waals surface area contributed by atoms with Crippen LogP contribution in [0.25, 0.3) is 0 Å². The number of hydrogen-bond donors (Lipinski definition) is 2. The van der Waals surface area contributed by atoms with Crippen molar-refractivity contribution in [3.63, 3.8) is 0 Å². The second-order valence-corrected chi connectivity index (χ2v) is 4.36. The molecule has 90 valence electrons. The van der Waals surface area contributed by atoms with Crippen molar-refractivity contribution >= 4 is 5.95 Å². The van der Waals surface area contributed by atoms with E-state index in [1.54, 1.807) is 0 Å². The van der Waals surface area contributed by atoms with Gasteiger partial charge in [0.2, 0.25) is 0 Å². The minimum Gasteiger partial charge on any atom is -0.369 e. The van der Waals surface area contributed by atoms with Gasteiger partial charge in [-0.3, -0.25) is 0 Å². The summed E-state index contributed by atoms with van der Waals surface area (Å²) in [5.41, 5.74) is 10.5. The predicted molar refractivity (Wildman–Crippen MR) is 71.0 cm³/mol. The second-order valence-electron chi connectivity index (χ2n) is 4.36. The Kier molecular flexibility index (Phi) is 3.47. The summed E-state index contributed by atoms with van der Waals surface area (Å²) in [5.74, 6) is 0.513. The quantitative estimate of drug-likeness (QED) is 0.846. The first-order chi connectivity index (χ1) is 8.19. The van der Waals surface area contributed by atoms with Crippen LogP contribution < -0.4 is 5.73 Å². The first kappa shape index (κ1) is 11.7. The molecule has 0 bridgehead atoms. The van der Waals surface area contributed by atoms with Crippen molar-refractivity contribution in [1.82, 2.24) is 9.97 Å². The lowest BCUT2D eigenvalue weighted by molar-refractivity contribution is 0.913. The number of aromatic nitrogens is 2. The number of hydrogen-bond acceptors (Lipinski definition) is 2. The van der Waals surface area contributed by atoms with Crippen LogP contribution in [0.5, 0.6) is 0 Å². The Labute approximate surface area is 102 Å². The number of benzene rings is 1. The van der Waals surface area contributed by atoms with E-state index in [0.29, 0.717) is 5.95 Å². The van der Waals surface area contributed by atoms with E-state index in [1.807, 2.05) is 6.92 Å². The van der Waals surface area contributed by atoms with Crippen LogP contribution in [-0.2, 0) is 19.3 Å². The van der Waals surface area contributed by atoms with Crippen LogP contribution in [0.15, 0.2) is 24.3 Å². The molecule has 2 rings (SSSR count). The van der Waals surface area contributed by atoms with Crippen LogP contribution >= 0.6 is 0 Å². The molecule has 0 radical (unpaired) electrons. The van der Waals surface area contributed by atoms with Gasteiger partial charge in [-0.1, -0.05) is 31.2 Å². The molecule has 0 atom stereocenters. The minimum atomic E-state index is 0.513. The van der Waals surface area contributed by atoms with E-state index in [0.717, 1.165) is 30.7 Å². The van der Waals surface area contributed by atoms with Crippen molar-refractivity contribution < 1.29 is 0 Å². The summed E-state index contributed by atoms with van der Waals surface area (Å²) in [5, 5.41) is 0. The zero-order valence-electron chi connectivity index (χ0n) is 10.5. The van der Waals surface area contributed by atoms with E-state index in [-0.39, 0.29) is 0 Å². The first-order valence-corrected chi connectivity index (χ1v) is 6.08. The zero-order chi connectivity index (χ0) is 12.3. The molecule has 1 heterocycles. The maximum absolute atomic E-state index is 5.62. The average Bonchev–Trinajstić information content (AvgIpc) is 2.66. The summed E-state index contributed by atoms with van der Waals surface area (Å²) in [4.78, 5) is 7.31. The molecule has 3 nitrogen and oxygen atoms in total. The van der Waals surface area contributed by atoms with Crippen molar-refractivity contribution in [2.45, 2.75) is 33.1 Å². The smallest absolute Gasteiger partial charge is 0.197 e. The third-order valence-corrected chi connectivity index (χ3v) is 3.09. The van der Waals surface area contributed by atoms with Crippen molar-refractivity contribution in [1.29, 1.82) is 0 Å². The summed E-state index contributed by atoms with van der Waals surface area (Å²) >= 11 is 0. The maximum Gasteiger partial charge on any atom is 0.197 e. The molecule has 17 heavy (non-hydrogen) atoms. The molecule has 3 N–H and O–H groups in total. The number of aromatic amines is 1. The van der Waals surface area contributed by atoms with Crippen LogP contribution in [0, 0.1) is 6.92 Å². The van der Waals surface area contributed by atoms with Crippen molar-refractivity contribution in [3.8, 4) is 0 Å². The molecule has 0 saturated carbocycles. The normalized spacial score (nSPS) is 10.7. The molecular formula is C14H19N3. The largest absolute Gasteiger partial charge is 0.369 e. The molecule has 0 amide bonds. The van der Waals surface area contributed by atoms with Crippen LogP contribution in [-0.4, -0.2) is 9.97 Å². The molecule has 0 unspecified atom stereocenters. The number of nitrogens with zero attached hydrogens (tertiary/aromatic N) is 1. The van der Waals surface area contributed by atoms with Crippen molar-refractivity contribution in [3.05, 3.63) is 46.8 Å². The number of imidazole rings is 1. The average molecular weight is 229 g/mol. The topological polar surface area (TPSA) is 54.7 Å². The SMILES string of the molecule is CCc1ccc(CCc2nc(N)[nH]c2C)cc1. The maximum atomic E-state index is 5.62. The highest BCUT2D eigenvalue weighted by molar-refractivity contribution is 5.27. The predicted octanol–water partition coefficient (Wildman–Crippen LogP) is 2.65. The summed E-state index contributed by atoms with van der Waals surface area (Å²) in [6, 6.07) is 8.79.